The molecule has 20 heavy (non-hydrogen) atoms. The molecule has 118 valence electrons. The molecule has 1 aliphatic carbocycles. The Kier molecular flexibility index (Phi) is 6.70. The highest BCUT2D eigenvalue weighted by Crippen LogP contribution is 2.33. The van der Waals surface area contributed by atoms with E-state index in [1.165, 1.54) is 71.1 Å². The maximum atomic E-state index is 3.81. The van der Waals surface area contributed by atoms with Crippen LogP contribution < -0.4 is 5.32 Å². The van der Waals surface area contributed by atoms with E-state index in [9.17, 15) is 0 Å². The van der Waals surface area contributed by atoms with Gasteiger partial charge in [-0.15, -0.1) is 0 Å². The topological polar surface area (TPSA) is 15.3 Å². The number of nitrogens with one attached hydrogen (secondary N) is 1. The van der Waals surface area contributed by atoms with Crippen molar-refractivity contribution in [3.05, 3.63) is 0 Å². The van der Waals surface area contributed by atoms with Crippen LogP contribution >= 0.6 is 11.8 Å². The van der Waals surface area contributed by atoms with Crippen LogP contribution in [0, 0.1) is 5.92 Å². The number of thioether (sulfide) groups is 1. The van der Waals surface area contributed by atoms with Crippen molar-refractivity contribution in [2.75, 3.05) is 32.4 Å². The molecule has 2 rings (SSSR count). The zero-order chi connectivity index (χ0) is 14.4. The Morgan fingerprint density at radius 1 is 1.15 bits per heavy atom. The third kappa shape index (κ3) is 4.14. The predicted octanol–water partition coefficient (Wildman–Crippen LogP) is 3.76. The van der Waals surface area contributed by atoms with E-state index < -0.39 is 0 Å². The fraction of sp³-hybridized carbons (Fsp3) is 1.00. The van der Waals surface area contributed by atoms with E-state index in [2.05, 4.69) is 42.1 Å². The molecule has 1 aliphatic heterocycles. The molecule has 2 aliphatic rings. The molecule has 0 radical (unpaired) electrons. The van der Waals surface area contributed by atoms with E-state index in [1.807, 2.05) is 0 Å². The van der Waals surface area contributed by atoms with Crippen LogP contribution in [0.4, 0.5) is 0 Å². The van der Waals surface area contributed by atoms with E-state index >= 15 is 0 Å². The molecule has 1 atom stereocenters. The minimum atomic E-state index is 0.481. The molecule has 1 heterocycles. The van der Waals surface area contributed by atoms with Crippen LogP contribution in [-0.4, -0.2) is 48.1 Å². The zero-order valence-corrected chi connectivity index (χ0v) is 14.6. The van der Waals surface area contributed by atoms with Crippen LogP contribution in [0.1, 0.15) is 58.8 Å². The Labute approximate surface area is 130 Å². The van der Waals surface area contributed by atoms with Crippen molar-refractivity contribution in [2.45, 2.75) is 69.6 Å². The number of hydrogen-bond donors (Lipinski definition) is 1. The molecule has 0 aromatic rings. The van der Waals surface area contributed by atoms with Crippen molar-refractivity contribution >= 4 is 11.8 Å². The molecule has 0 spiro atoms. The fourth-order valence-electron chi connectivity index (χ4n) is 4.07. The minimum absolute atomic E-state index is 0.481. The fourth-order valence-corrected chi connectivity index (χ4v) is 4.96. The average Bonchev–Trinajstić information content (AvgIpc) is 2.54. The lowest BCUT2D eigenvalue weighted by Crippen LogP contribution is -2.56. The van der Waals surface area contributed by atoms with E-state index in [0.717, 1.165) is 12.0 Å². The summed E-state index contributed by atoms with van der Waals surface area (Å²) >= 11 is 2.09. The number of hydrogen-bond acceptors (Lipinski definition) is 3. The molecule has 1 saturated carbocycles. The van der Waals surface area contributed by atoms with Crippen molar-refractivity contribution < 1.29 is 0 Å². The summed E-state index contributed by atoms with van der Waals surface area (Å²) in [5.74, 6) is 0.943. The SMILES string of the molecule is CCC(CC)(CN1CCNC(C2CCCCC2)C1)SC. The molecule has 1 saturated heterocycles. The van der Waals surface area contributed by atoms with Crippen LogP contribution in [0.2, 0.25) is 0 Å². The van der Waals surface area contributed by atoms with E-state index in [0.29, 0.717) is 4.75 Å². The monoisotopic (exact) mass is 298 g/mol. The molecule has 2 fully saturated rings. The lowest BCUT2D eigenvalue weighted by Gasteiger charge is -2.43. The van der Waals surface area contributed by atoms with Gasteiger partial charge in [-0.05, 0) is 37.9 Å². The lowest BCUT2D eigenvalue weighted by molar-refractivity contribution is 0.134. The van der Waals surface area contributed by atoms with Gasteiger partial charge in [-0.1, -0.05) is 33.1 Å². The number of piperazine rings is 1. The molecule has 0 aromatic carbocycles. The second-order valence-corrected chi connectivity index (χ2v) is 8.06. The summed E-state index contributed by atoms with van der Waals surface area (Å²) in [6.07, 6.45) is 12.2. The van der Waals surface area contributed by atoms with Gasteiger partial charge in [0.15, 0.2) is 0 Å². The lowest BCUT2D eigenvalue weighted by atomic mass is 9.83. The average molecular weight is 299 g/mol. The molecule has 0 amide bonds. The van der Waals surface area contributed by atoms with Crippen molar-refractivity contribution in [3.63, 3.8) is 0 Å². The summed E-state index contributed by atoms with van der Waals surface area (Å²) in [7, 11) is 0. The van der Waals surface area contributed by atoms with Crippen molar-refractivity contribution in [2.24, 2.45) is 5.92 Å². The predicted molar refractivity (Wildman–Crippen MR) is 91.6 cm³/mol. The van der Waals surface area contributed by atoms with Gasteiger partial charge in [-0.25, -0.2) is 0 Å². The van der Waals surface area contributed by atoms with Gasteiger partial charge in [-0.3, -0.25) is 4.90 Å². The highest BCUT2D eigenvalue weighted by Gasteiger charge is 2.32. The Morgan fingerprint density at radius 2 is 1.85 bits per heavy atom. The van der Waals surface area contributed by atoms with E-state index in [-0.39, 0.29) is 0 Å². The summed E-state index contributed by atoms with van der Waals surface area (Å²) in [6.45, 7) is 9.73. The summed E-state index contributed by atoms with van der Waals surface area (Å²) in [6, 6.07) is 0.761. The Balaban J connectivity index is 1.89. The molecule has 0 aromatic heterocycles. The van der Waals surface area contributed by atoms with E-state index in [1.54, 1.807) is 0 Å². The molecule has 1 N–H and O–H groups in total. The highest BCUT2D eigenvalue weighted by atomic mass is 32.2. The summed E-state index contributed by atoms with van der Waals surface area (Å²) < 4.78 is 0.481. The normalized spacial score (nSPS) is 26.9. The molecule has 1 unspecified atom stereocenters. The first-order chi connectivity index (χ1) is 9.73. The van der Waals surface area contributed by atoms with E-state index in [4.69, 9.17) is 0 Å². The van der Waals surface area contributed by atoms with Gasteiger partial charge in [-0.2, -0.15) is 11.8 Å². The summed E-state index contributed by atoms with van der Waals surface area (Å²) in [4.78, 5) is 2.75. The molecule has 2 nitrogen and oxygen atoms in total. The second kappa shape index (κ2) is 8.05. The Hall–Kier alpha value is 0.270. The summed E-state index contributed by atoms with van der Waals surface area (Å²) in [5.41, 5.74) is 0. The standard InChI is InChI=1S/C17H34N2S/c1-4-17(5-2,20-3)14-19-12-11-18-16(13-19)15-9-7-6-8-10-15/h15-16,18H,4-14H2,1-3H3. The first kappa shape index (κ1) is 16.6. The van der Waals surface area contributed by atoms with Crippen LogP contribution in [0.15, 0.2) is 0 Å². The van der Waals surface area contributed by atoms with Gasteiger partial charge in [0.05, 0.1) is 0 Å². The smallest absolute Gasteiger partial charge is 0.0279 e. The van der Waals surface area contributed by atoms with Crippen molar-refractivity contribution in [3.8, 4) is 0 Å². The van der Waals surface area contributed by atoms with Gasteiger partial charge in [0.25, 0.3) is 0 Å². The summed E-state index contributed by atoms with van der Waals surface area (Å²) in [5, 5.41) is 3.81. The number of rotatable bonds is 6. The Bertz CT molecular complexity index is 264. The van der Waals surface area contributed by atoms with Crippen molar-refractivity contribution in [1.29, 1.82) is 0 Å². The first-order valence-corrected chi connectivity index (χ1v) is 9.96. The van der Waals surface area contributed by atoms with Gasteiger partial charge in [0.2, 0.25) is 0 Å². The van der Waals surface area contributed by atoms with Gasteiger partial charge < -0.3 is 5.32 Å². The largest absolute Gasteiger partial charge is 0.311 e. The van der Waals surface area contributed by atoms with Crippen LogP contribution in [0.3, 0.4) is 0 Å². The third-order valence-electron chi connectivity index (χ3n) is 5.74. The molecule has 0 bridgehead atoms. The second-order valence-electron chi connectivity index (χ2n) is 6.79. The molecular formula is C17H34N2S. The Morgan fingerprint density at radius 3 is 2.45 bits per heavy atom. The molecular weight excluding hydrogens is 264 g/mol. The minimum Gasteiger partial charge on any atom is -0.311 e. The third-order valence-corrected chi connectivity index (χ3v) is 7.31. The zero-order valence-electron chi connectivity index (χ0n) is 13.8. The van der Waals surface area contributed by atoms with Gasteiger partial charge in [0.1, 0.15) is 0 Å². The highest BCUT2D eigenvalue weighted by molar-refractivity contribution is 8.00. The molecule has 3 heteroatoms. The number of nitrogens with zero attached hydrogens (tertiary/aromatic N) is 1. The van der Waals surface area contributed by atoms with Gasteiger partial charge in [0, 0.05) is 37.0 Å². The van der Waals surface area contributed by atoms with Crippen molar-refractivity contribution in [1.82, 2.24) is 10.2 Å². The van der Waals surface area contributed by atoms with Crippen LogP contribution in [0.5, 0.6) is 0 Å². The van der Waals surface area contributed by atoms with Crippen LogP contribution in [0.25, 0.3) is 0 Å². The van der Waals surface area contributed by atoms with Gasteiger partial charge >= 0.3 is 0 Å². The maximum absolute atomic E-state index is 3.81. The first-order valence-electron chi connectivity index (χ1n) is 8.74. The maximum Gasteiger partial charge on any atom is 0.0279 e. The quantitative estimate of drug-likeness (QED) is 0.804. The van der Waals surface area contributed by atoms with Crippen LogP contribution in [-0.2, 0) is 0 Å².